The summed E-state index contributed by atoms with van der Waals surface area (Å²) >= 11 is 0. The average molecular weight is 244 g/mol. The van der Waals surface area contributed by atoms with Gasteiger partial charge in [0.05, 0.1) is 6.54 Å². The fourth-order valence-corrected chi connectivity index (χ4v) is 1.66. The zero-order valence-electron chi connectivity index (χ0n) is 8.68. The summed E-state index contributed by atoms with van der Waals surface area (Å²) in [6.07, 6.45) is -3.84. The second-order valence-electron chi connectivity index (χ2n) is 3.81. The van der Waals surface area contributed by atoms with E-state index >= 15 is 0 Å². The molecular formula is C9H12N2O6. The Morgan fingerprint density at radius 2 is 2.00 bits per heavy atom. The molecule has 0 saturated carbocycles. The second kappa shape index (κ2) is 4.41. The molecule has 4 N–H and O–H groups in total. The van der Waals surface area contributed by atoms with E-state index in [1.165, 1.54) is 6.20 Å². The van der Waals surface area contributed by atoms with Gasteiger partial charge in [0, 0.05) is 12.3 Å². The fourth-order valence-electron chi connectivity index (χ4n) is 1.66. The molecular weight excluding hydrogens is 232 g/mol. The number of nitrogens with zero attached hydrogens (tertiary/aromatic N) is 1. The van der Waals surface area contributed by atoms with Crippen LogP contribution in [0.3, 0.4) is 0 Å². The van der Waals surface area contributed by atoms with Crippen LogP contribution in [0.1, 0.15) is 0 Å². The SMILES string of the molecule is O=c1ccn(CC2OC(O)C(O)C2O)c(=O)[nH]1. The Morgan fingerprint density at radius 1 is 1.29 bits per heavy atom. The standard InChI is InChI=1S/C9H12N2O6/c12-5-1-2-11(9(16)10-5)3-4-6(13)7(14)8(15)17-4/h1-2,4,6-8,13-15H,3H2,(H,10,12,16). The van der Waals surface area contributed by atoms with Crippen LogP contribution in [-0.4, -0.2) is 49.5 Å². The van der Waals surface area contributed by atoms with Gasteiger partial charge in [0.15, 0.2) is 6.29 Å². The summed E-state index contributed by atoms with van der Waals surface area (Å²) in [5.74, 6) is 0. The van der Waals surface area contributed by atoms with E-state index in [0.717, 1.165) is 10.6 Å². The highest BCUT2D eigenvalue weighted by Gasteiger charge is 2.41. The van der Waals surface area contributed by atoms with Crippen molar-refractivity contribution in [2.45, 2.75) is 31.1 Å². The first-order chi connectivity index (χ1) is 7.99. The molecule has 8 heteroatoms. The molecule has 1 aliphatic heterocycles. The Bertz CT molecular complexity index is 509. The van der Waals surface area contributed by atoms with E-state index < -0.39 is 35.9 Å². The van der Waals surface area contributed by atoms with Crippen molar-refractivity contribution in [1.82, 2.24) is 9.55 Å². The van der Waals surface area contributed by atoms with Gasteiger partial charge < -0.3 is 20.1 Å². The van der Waals surface area contributed by atoms with Gasteiger partial charge in [-0.15, -0.1) is 0 Å². The molecule has 1 saturated heterocycles. The number of hydrogen-bond acceptors (Lipinski definition) is 6. The van der Waals surface area contributed by atoms with Crippen molar-refractivity contribution < 1.29 is 20.1 Å². The average Bonchev–Trinajstić information content (AvgIpc) is 2.50. The van der Waals surface area contributed by atoms with Crippen LogP contribution in [0.4, 0.5) is 0 Å². The molecule has 4 unspecified atom stereocenters. The quantitative estimate of drug-likeness (QED) is 0.439. The molecule has 0 radical (unpaired) electrons. The Kier molecular flexibility index (Phi) is 3.11. The molecule has 1 aromatic heterocycles. The summed E-state index contributed by atoms with van der Waals surface area (Å²) in [5, 5.41) is 27.9. The minimum Gasteiger partial charge on any atom is -0.387 e. The second-order valence-corrected chi connectivity index (χ2v) is 3.81. The van der Waals surface area contributed by atoms with Gasteiger partial charge in [-0.05, 0) is 0 Å². The van der Waals surface area contributed by atoms with Crippen LogP contribution in [0.15, 0.2) is 21.9 Å². The number of aliphatic hydroxyl groups is 3. The Labute approximate surface area is 94.7 Å². The molecule has 94 valence electrons. The van der Waals surface area contributed by atoms with Crippen molar-refractivity contribution >= 4 is 0 Å². The van der Waals surface area contributed by atoms with Gasteiger partial charge in [0.1, 0.15) is 18.3 Å². The monoisotopic (exact) mass is 244 g/mol. The predicted octanol–water partition coefficient (Wildman–Crippen LogP) is -3.02. The molecule has 0 spiro atoms. The van der Waals surface area contributed by atoms with E-state index in [4.69, 9.17) is 9.84 Å². The molecule has 0 aromatic carbocycles. The van der Waals surface area contributed by atoms with Crippen LogP contribution >= 0.6 is 0 Å². The fraction of sp³-hybridized carbons (Fsp3) is 0.556. The van der Waals surface area contributed by atoms with Gasteiger partial charge in [0.25, 0.3) is 5.56 Å². The minimum absolute atomic E-state index is 0.0785. The summed E-state index contributed by atoms with van der Waals surface area (Å²) in [6, 6.07) is 1.15. The normalized spacial score (nSPS) is 32.9. The lowest BCUT2D eigenvalue weighted by atomic mass is 10.1. The molecule has 2 rings (SSSR count). The number of nitrogens with one attached hydrogen (secondary N) is 1. The number of aromatic amines is 1. The van der Waals surface area contributed by atoms with Crippen LogP contribution in [0, 0.1) is 0 Å². The first kappa shape index (κ1) is 12.0. The Morgan fingerprint density at radius 3 is 2.53 bits per heavy atom. The van der Waals surface area contributed by atoms with Gasteiger partial charge in [0.2, 0.25) is 0 Å². The van der Waals surface area contributed by atoms with Gasteiger partial charge in [-0.3, -0.25) is 14.3 Å². The largest absolute Gasteiger partial charge is 0.387 e. The predicted molar refractivity (Wildman–Crippen MR) is 54.2 cm³/mol. The van der Waals surface area contributed by atoms with E-state index in [-0.39, 0.29) is 6.54 Å². The topological polar surface area (TPSA) is 125 Å². The molecule has 1 fully saturated rings. The highest BCUT2D eigenvalue weighted by atomic mass is 16.6. The van der Waals surface area contributed by atoms with E-state index in [1.54, 1.807) is 0 Å². The van der Waals surface area contributed by atoms with Crippen LogP contribution in [0.25, 0.3) is 0 Å². The van der Waals surface area contributed by atoms with Crippen molar-refractivity contribution in [3.05, 3.63) is 33.1 Å². The Hall–Kier alpha value is -1.48. The molecule has 0 bridgehead atoms. The maximum Gasteiger partial charge on any atom is 0.328 e. The smallest absolute Gasteiger partial charge is 0.328 e. The zero-order valence-corrected chi connectivity index (χ0v) is 8.68. The van der Waals surface area contributed by atoms with Gasteiger partial charge in [-0.25, -0.2) is 4.79 Å². The molecule has 0 amide bonds. The van der Waals surface area contributed by atoms with Crippen molar-refractivity contribution in [2.24, 2.45) is 0 Å². The van der Waals surface area contributed by atoms with E-state index in [9.17, 15) is 19.8 Å². The maximum atomic E-state index is 11.3. The lowest BCUT2D eigenvalue weighted by molar-refractivity contribution is -0.129. The molecule has 1 aliphatic rings. The van der Waals surface area contributed by atoms with Crippen molar-refractivity contribution in [2.75, 3.05) is 0 Å². The van der Waals surface area contributed by atoms with Crippen LogP contribution in [0.2, 0.25) is 0 Å². The van der Waals surface area contributed by atoms with Crippen molar-refractivity contribution in [1.29, 1.82) is 0 Å². The molecule has 8 nitrogen and oxygen atoms in total. The number of aliphatic hydroxyl groups excluding tert-OH is 3. The lowest BCUT2D eigenvalue weighted by Gasteiger charge is -2.14. The number of H-pyrrole nitrogens is 1. The molecule has 2 heterocycles. The molecule has 0 aliphatic carbocycles. The third-order valence-corrected chi connectivity index (χ3v) is 2.61. The highest BCUT2D eigenvalue weighted by molar-refractivity contribution is 4.89. The number of ether oxygens (including phenoxy) is 1. The molecule has 17 heavy (non-hydrogen) atoms. The van der Waals surface area contributed by atoms with E-state index in [0.29, 0.717) is 0 Å². The molecule has 4 atom stereocenters. The summed E-state index contributed by atoms with van der Waals surface area (Å²) in [5.41, 5.74) is -1.18. The van der Waals surface area contributed by atoms with Crippen LogP contribution < -0.4 is 11.2 Å². The van der Waals surface area contributed by atoms with Crippen molar-refractivity contribution in [3.8, 4) is 0 Å². The van der Waals surface area contributed by atoms with E-state index in [1.807, 2.05) is 4.98 Å². The van der Waals surface area contributed by atoms with Crippen LogP contribution in [-0.2, 0) is 11.3 Å². The Balaban J connectivity index is 2.17. The lowest BCUT2D eigenvalue weighted by Crippen LogP contribution is -2.38. The van der Waals surface area contributed by atoms with Gasteiger partial charge >= 0.3 is 5.69 Å². The summed E-state index contributed by atoms with van der Waals surface area (Å²) in [7, 11) is 0. The first-order valence-corrected chi connectivity index (χ1v) is 4.98. The van der Waals surface area contributed by atoms with Gasteiger partial charge in [-0.2, -0.15) is 0 Å². The maximum absolute atomic E-state index is 11.3. The third kappa shape index (κ3) is 2.29. The number of hydrogen-bond donors (Lipinski definition) is 4. The number of aromatic nitrogens is 2. The summed E-state index contributed by atoms with van der Waals surface area (Å²) in [4.78, 5) is 24.2. The zero-order chi connectivity index (χ0) is 12.6. The molecule has 1 aromatic rings. The van der Waals surface area contributed by atoms with E-state index in [2.05, 4.69) is 0 Å². The van der Waals surface area contributed by atoms with Crippen molar-refractivity contribution in [3.63, 3.8) is 0 Å². The minimum atomic E-state index is -1.48. The van der Waals surface area contributed by atoms with Crippen LogP contribution in [0.5, 0.6) is 0 Å². The summed E-state index contributed by atoms with van der Waals surface area (Å²) in [6.45, 7) is -0.0785. The summed E-state index contributed by atoms with van der Waals surface area (Å²) < 4.78 is 5.99. The number of rotatable bonds is 2. The highest BCUT2D eigenvalue weighted by Crippen LogP contribution is 2.20. The third-order valence-electron chi connectivity index (χ3n) is 2.61. The first-order valence-electron chi connectivity index (χ1n) is 4.98. The van der Waals surface area contributed by atoms with Gasteiger partial charge in [-0.1, -0.05) is 0 Å².